The van der Waals surface area contributed by atoms with Crippen molar-refractivity contribution in [2.75, 3.05) is 0 Å². The van der Waals surface area contributed by atoms with E-state index in [1.807, 2.05) is 6.07 Å². The van der Waals surface area contributed by atoms with Crippen molar-refractivity contribution < 1.29 is 8.78 Å². The van der Waals surface area contributed by atoms with Crippen molar-refractivity contribution in [1.29, 1.82) is 0 Å². The van der Waals surface area contributed by atoms with E-state index in [2.05, 4.69) is 18.8 Å². The molecule has 0 nitrogen and oxygen atoms in total. The number of hydrogen-bond acceptors (Lipinski definition) is 0. The summed E-state index contributed by atoms with van der Waals surface area (Å²) in [5.41, 5.74) is 2.20. The molecule has 0 amide bonds. The Morgan fingerprint density at radius 2 is 1.72 bits per heavy atom. The molecule has 1 radical (unpaired) electrons. The molecular weight excluding hydrogens is 330 g/mol. The Labute approximate surface area is 150 Å². The van der Waals surface area contributed by atoms with Gasteiger partial charge in [0.15, 0.2) is 0 Å². The van der Waals surface area contributed by atoms with Crippen LogP contribution in [0.4, 0.5) is 8.78 Å². The van der Waals surface area contributed by atoms with Gasteiger partial charge < -0.3 is 0 Å². The molecule has 1 aliphatic heterocycles. The Morgan fingerprint density at radius 1 is 1.00 bits per heavy atom. The van der Waals surface area contributed by atoms with Gasteiger partial charge in [0.2, 0.25) is 0 Å². The highest BCUT2D eigenvalue weighted by molar-refractivity contribution is 6.59. The zero-order chi connectivity index (χ0) is 17.6. The van der Waals surface area contributed by atoms with Crippen LogP contribution in [-0.2, 0) is 0 Å². The average molecular weight is 354 g/mol. The van der Waals surface area contributed by atoms with Gasteiger partial charge in [0.1, 0.15) is 11.6 Å². The molecule has 2 aromatic carbocycles. The zero-order valence-electron chi connectivity index (χ0n) is 14.6. The fraction of sp³-hybridized carbons (Fsp3) is 0.364. The number of rotatable bonds is 3. The van der Waals surface area contributed by atoms with Gasteiger partial charge in [-0.25, -0.2) is 8.78 Å². The smallest absolute Gasteiger partial charge is 0.139 e. The van der Waals surface area contributed by atoms with E-state index < -0.39 is 0 Å². The number of benzene rings is 2. The van der Waals surface area contributed by atoms with Gasteiger partial charge in [-0.15, -0.1) is 0 Å². The zero-order valence-corrected chi connectivity index (χ0v) is 15.6. The molecule has 0 atom stereocenters. The van der Waals surface area contributed by atoms with Crippen molar-refractivity contribution >= 4 is 8.80 Å². The maximum atomic E-state index is 14.4. The van der Waals surface area contributed by atoms with Crippen LogP contribution >= 0.6 is 0 Å². The number of halogens is 2. The normalized spacial score (nSPS) is 15.6. The summed E-state index contributed by atoms with van der Waals surface area (Å²) in [5.74, 6) is 5.71. The van der Waals surface area contributed by atoms with Gasteiger partial charge in [0, 0.05) is 14.4 Å². The van der Waals surface area contributed by atoms with Gasteiger partial charge in [-0.1, -0.05) is 49.4 Å². The number of hydrogen-bond donors (Lipinski definition) is 0. The Hall–Kier alpha value is -1.92. The molecule has 3 heteroatoms. The van der Waals surface area contributed by atoms with Crippen LogP contribution in [0.25, 0.3) is 0 Å². The van der Waals surface area contributed by atoms with E-state index in [4.69, 9.17) is 0 Å². The monoisotopic (exact) mass is 353 g/mol. The van der Waals surface area contributed by atoms with Crippen LogP contribution in [0.15, 0.2) is 42.5 Å². The first kappa shape index (κ1) is 17.9. The highest BCUT2D eigenvalue weighted by Crippen LogP contribution is 2.35. The van der Waals surface area contributed by atoms with Crippen molar-refractivity contribution in [2.24, 2.45) is 0 Å². The molecule has 1 aliphatic rings. The lowest BCUT2D eigenvalue weighted by atomic mass is 9.92. The largest absolute Gasteiger partial charge is 0.207 e. The summed E-state index contributed by atoms with van der Waals surface area (Å²) in [7, 11) is -0.141. The maximum absolute atomic E-state index is 14.4. The van der Waals surface area contributed by atoms with Crippen LogP contribution in [-0.4, -0.2) is 8.80 Å². The van der Waals surface area contributed by atoms with Crippen LogP contribution in [0.2, 0.25) is 18.1 Å². The van der Waals surface area contributed by atoms with Crippen LogP contribution in [0.1, 0.15) is 48.8 Å². The lowest BCUT2D eigenvalue weighted by Gasteiger charge is -2.27. The van der Waals surface area contributed by atoms with Gasteiger partial charge >= 0.3 is 0 Å². The van der Waals surface area contributed by atoms with Crippen LogP contribution in [0.5, 0.6) is 0 Å². The third-order valence-corrected chi connectivity index (χ3v) is 8.15. The van der Waals surface area contributed by atoms with E-state index in [1.54, 1.807) is 24.3 Å². The topological polar surface area (TPSA) is 0 Å². The Bertz CT molecular complexity index is 763. The quantitative estimate of drug-likeness (QED) is 0.459. The summed E-state index contributed by atoms with van der Waals surface area (Å²) < 4.78 is 27.3. The molecule has 0 aromatic heterocycles. The first-order valence-corrected chi connectivity index (χ1v) is 11.2. The molecule has 129 valence electrons. The van der Waals surface area contributed by atoms with E-state index in [0.717, 1.165) is 5.56 Å². The van der Waals surface area contributed by atoms with Crippen molar-refractivity contribution in [2.45, 2.75) is 50.2 Å². The van der Waals surface area contributed by atoms with E-state index in [1.165, 1.54) is 49.5 Å². The summed E-state index contributed by atoms with van der Waals surface area (Å²) in [6, 6.07) is 15.5. The van der Waals surface area contributed by atoms with Crippen molar-refractivity contribution in [3.05, 3.63) is 70.8 Å². The van der Waals surface area contributed by atoms with Crippen molar-refractivity contribution in [1.82, 2.24) is 0 Å². The molecule has 25 heavy (non-hydrogen) atoms. The van der Waals surface area contributed by atoms with Crippen molar-refractivity contribution in [3.8, 4) is 11.8 Å². The van der Waals surface area contributed by atoms with E-state index in [0.29, 0.717) is 17.0 Å². The molecule has 0 saturated carbocycles. The lowest BCUT2D eigenvalue weighted by molar-refractivity contribution is 0.586. The molecule has 1 saturated heterocycles. The average Bonchev–Trinajstić information content (AvgIpc) is 2.63. The van der Waals surface area contributed by atoms with Crippen LogP contribution in [0.3, 0.4) is 0 Å². The second kappa shape index (κ2) is 8.45. The van der Waals surface area contributed by atoms with Crippen LogP contribution in [0, 0.1) is 23.5 Å². The Morgan fingerprint density at radius 3 is 2.36 bits per heavy atom. The Balaban J connectivity index is 1.68. The van der Waals surface area contributed by atoms with E-state index in [-0.39, 0.29) is 20.4 Å². The third kappa shape index (κ3) is 4.80. The summed E-state index contributed by atoms with van der Waals surface area (Å²) in [6.07, 6.45) is 3.71. The van der Waals surface area contributed by atoms with Crippen LogP contribution < -0.4 is 0 Å². The molecule has 2 aromatic rings. The summed E-state index contributed by atoms with van der Waals surface area (Å²) in [6.45, 7) is 2.27. The highest BCUT2D eigenvalue weighted by atomic mass is 28.3. The SMILES string of the molecule is CCC[Si]1CCC(c2ccc(C#Cc3ccc(F)cc3)c(F)c2)CC1. The van der Waals surface area contributed by atoms with E-state index in [9.17, 15) is 8.78 Å². The Kier molecular flexibility index (Phi) is 6.04. The van der Waals surface area contributed by atoms with Gasteiger partial charge in [-0.3, -0.25) is 0 Å². The van der Waals surface area contributed by atoms with Gasteiger partial charge in [-0.2, -0.15) is 0 Å². The molecule has 0 spiro atoms. The second-order valence-corrected chi connectivity index (χ2v) is 9.77. The van der Waals surface area contributed by atoms with Crippen molar-refractivity contribution in [3.63, 3.8) is 0 Å². The van der Waals surface area contributed by atoms with Gasteiger partial charge in [-0.05, 0) is 60.7 Å². The van der Waals surface area contributed by atoms with E-state index >= 15 is 0 Å². The molecule has 1 heterocycles. The molecule has 0 aliphatic carbocycles. The molecule has 0 bridgehead atoms. The maximum Gasteiger partial charge on any atom is 0.139 e. The standard InChI is InChI=1S/C22H23F2Si/c1-2-13-25-14-11-18(12-15-25)20-8-7-19(22(24)16-20)6-3-17-4-9-21(23)10-5-17/h4-5,7-10,16,18H,2,11-15H2,1H3. The highest BCUT2D eigenvalue weighted by Gasteiger charge is 2.23. The fourth-order valence-electron chi connectivity index (χ4n) is 3.52. The summed E-state index contributed by atoms with van der Waals surface area (Å²) >= 11 is 0. The predicted octanol–water partition coefficient (Wildman–Crippen LogP) is 6.15. The minimum absolute atomic E-state index is 0.141. The minimum atomic E-state index is -0.294. The fourth-order valence-corrected chi connectivity index (χ4v) is 6.49. The minimum Gasteiger partial charge on any atom is -0.207 e. The molecule has 3 rings (SSSR count). The first-order chi connectivity index (χ1) is 12.2. The predicted molar refractivity (Wildman–Crippen MR) is 101 cm³/mol. The second-order valence-electron chi connectivity index (χ2n) is 6.77. The summed E-state index contributed by atoms with van der Waals surface area (Å²) in [5, 5.41) is 0. The summed E-state index contributed by atoms with van der Waals surface area (Å²) in [4.78, 5) is 0. The molecular formula is C22H23F2Si. The molecule has 0 unspecified atom stereocenters. The third-order valence-electron chi connectivity index (χ3n) is 4.95. The molecule has 0 N–H and O–H groups in total. The molecule has 1 fully saturated rings. The van der Waals surface area contributed by atoms with Gasteiger partial charge in [0.05, 0.1) is 5.56 Å². The van der Waals surface area contributed by atoms with Gasteiger partial charge in [0.25, 0.3) is 0 Å². The first-order valence-electron chi connectivity index (χ1n) is 9.06. The lowest BCUT2D eigenvalue weighted by Crippen LogP contribution is -2.20.